The molecule has 2 nitrogen and oxygen atoms in total. The molecule has 2 fully saturated rings. The maximum absolute atomic E-state index is 13.3. The lowest BCUT2D eigenvalue weighted by Gasteiger charge is -2.42. The second-order valence-electron chi connectivity index (χ2n) is 7.95. The van der Waals surface area contributed by atoms with Crippen molar-refractivity contribution in [1.82, 2.24) is 9.88 Å². The van der Waals surface area contributed by atoms with Gasteiger partial charge in [-0.05, 0) is 67.6 Å². The van der Waals surface area contributed by atoms with E-state index in [0.29, 0.717) is 23.9 Å². The quantitative estimate of drug-likeness (QED) is 0.499. The van der Waals surface area contributed by atoms with E-state index in [4.69, 9.17) is 16.6 Å². The third-order valence-corrected chi connectivity index (χ3v) is 7.90. The number of halogens is 2. The third-order valence-electron chi connectivity index (χ3n) is 6.50. The molecular weight excluding hydrogens is 391 g/mol. The highest BCUT2D eigenvalue weighted by atomic mass is 35.5. The molecule has 3 aromatic rings. The average Bonchev–Trinajstić information content (AvgIpc) is 3.26. The molecule has 0 spiro atoms. The van der Waals surface area contributed by atoms with Crippen LogP contribution in [0, 0.1) is 5.82 Å². The molecule has 28 heavy (non-hydrogen) atoms. The van der Waals surface area contributed by atoms with Crippen LogP contribution in [0.5, 0.6) is 0 Å². The van der Waals surface area contributed by atoms with Gasteiger partial charge in [-0.3, -0.25) is 4.90 Å². The molecule has 2 bridgehead atoms. The monoisotopic (exact) mass is 412 g/mol. The number of benzene rings is 2. The first-order valence-electron chi connectivity index (χ1n) is 9.79. The van der Waals surface area contributed by atoms with Crippen molar-refractivity contribution in [3.8, 4) is 10.4 Å². The molecule has 3 heterocycles. The lowest BCUT2D eigenvalue weighted by Crippen LogP contribution is -2.44. The first-order chi connectivity index (χ1) is 13.6. The SMILES string of the molecule is CN1[C@H]2CC[C@@H]1[C@@H](c1ncc(-c3ccc(F)cc3)s1)[C@@H](c1ccc(Cl)cc1)C2. The van der Waals surface area contributed by atoms with Crippen molar-refractivity contribution in [3.05, 3.63) is 76.1 Å². The molecule has 4 atom stereocenters. The number of piperidine rings is 1. The molecule has 2 aliphatic heterocycles. The Morgan fingerprint density at radius 1 is 1.07 bits per heavy atom. The van der Waals surface area contributed by atoms with Gasteiger partial charge < -0.3 is 0 Å². The molecule has 2 aromatic carbocycles. The van der Waals surface area contributed by atoms with E-state index in [1.54, 1.807) is 11.3 Å². The van der Waals surface area contributed by atoms with Gasteiger partial charge in [0.25, 0.3) is 0 Å². The van der Waals surface area contributed by atoms with Crippen molar-refractivity contribution in [2.24, 2.45) is 0 Å². The smallest absolute Gasteiger partial charge is 0.123 e. The van der Waals surface area contributed by atoms with Crippen molar-refractivity contribution in [3.63, 3.8) is 0 Å². The summed E-state index contributed by atoms with van der Waals surface area (Å²) in [6, 6.07) is 16.2. The minimum atomic E-state index is -0.206. The standard InChI is InChI=1S/C23H22ClFN2S/c1-27-18-10-11-20(27)22(19(12-18)14-2-6-16(24)7-3-14)23-26-13-21(28-23)15-4-8-17(25)9-5-15/h2-9,13,18-20,22H,10-12H2,1H3/t18-,19+,20+,22-/m0/s1. The zero-order valence-electron chi connectivity index (χ0n) is 15.7. The number of hydrogen-bond acceptors (Lipinski definition) is 3. The van der Waals surface area contributed by atoms with E-state index in [2.05, 4.69) is 24.1 Å². The topological polar surface area (TPSA) is 16.1 Å². The van der Waals surface area contributed by atoms with Crippen LogP contribution in [0.1, 0.15) is 41.7 Å². The fourth-order valence-corrected chi connectivity index (χ4v) is 6.32. The molecule has 0 saturated carbocycles. The Labute approximate surface area is 174 Å². The van der Waals surface area contributed by atoms with E-state index in [0.717, 1.165) is 21.9 Å². The zero-order valence-corrected chi connectivity index (χ0v) is 17.3. The number of nitrogens with zero attached hydrogens (tertiary/aromatic N) is 2. The molecule has 5 heteroatoms. The lowest BCUT2D eigenvalue weighted by atomic mass is 9.76. The summed E-state index contributed by atoms with van der Waals surface area (Å²) in [5, 5.41) is 1.97. The Hall–Kier alpha value is -1.75. The van der Waals surface area contributed by atoms with Gasteiger partial charge in [0.2, 0.25) is 0 Å². The Morgan fingerprint density at radius 3 is 2.57 bits per heavy atom. The molecule has 0 aliphatic carbocycles. The van der Waals surface area contributed by atoms with Gasteiger partial charge >= 0.3 is 0 Å². The van der Waals surface area contributed by atoms with Crippen LogP contribution in [0.15, 0.2) is 54.7 Å². The molecule has 1 aromatic heterocycles. The minimum absolute atomic E-state index is 0.206. The first kappa shape index (κ1) is 18.3. The number of rotatable bonds is 3. The summed E-state index contributed by atoms with van der Waals surface area (Å²) in [5.41, 5.74) is 2.39. The van der Waals surface area contributed by atoms with Gasteiger partial charge in [-0.25, -0.2) is 9.37 Å². The van der Waals surface area contributed by atoms with Crippen LogP contribution in [-0.4, -0.2) is 29.0 Å². The Kier molecular flexibility index (Phi) is 4.74. The van der Waals surface area contributed by atoms with Crippen LogP contribution in [0.25, 0.3) is 10.4 Å². The number of likely N-dealkylation sites (N-methyl/N-ethyl adjacent to an activating group) is 1. The van der Waals surface area contributed by atoms with Gasteiger partial charge in [0, 0.05) is 29.2 Å². The number of thiazole rings is 1. The summed E-state index contributed by atoms with van der Waals surface area (Å²) >= 11 is 7.89. The second-order valence-corrected chi connectivity index (χ2v) is 9.45. The second kappa shape index (κ2) is 7.25. The van der Waals surface area contributed by atoms with Crippen LogP contribution < -0.4 is 0 Å². The number of fused-ring (bicyclic) bond motifs is 2. The van der Waals surface area contributed by atoms with Gasteiger partial charge in [-0.2, -0.15) is 0 Å². The van der Waals surface area contributed by atoms with Crippen molar-refractivity contribution in [1.29, 1.82) is 0 Å². The molecule has 0 radical (unpaired) electrons. The first-order valence-corrected chi connectivity index (χ1v) is 11.0. The van der Waals surface area contributed by atoms with Gasteiger partial charge in [-0.15, -0.1) is 11.3 Å². The van der Waals surface area contributed by atoms with E-state index in [-0.39, 0.29) is 5.82 Å². The molecule has 0 unspecified atom stereocenters. The van der Waals surface area contributed by atoms with Gasteiger partial charge in [0.15, 0.2) is 0 Å². The Bertz CT molecular complexity index is 969. The third kappa shape index (κ3) is 3.18. The predicted octanol–water partition coefficient (Wildman–Crippen LogP) is 6.34. The summed E-state index contributed by atoms with van der Waals surface area (Å²) in [6.45, 7) is 0. The normalized spacial score (nSPS) is 27.2. The van der Waals surface area contributed by atoms with E-state index in [1.807, 2.05) is 30.5 Å². The van der Waals surface area contributed by atoms with Crippen molar-refractivity contribution in [2.45, 2.75) is 43.2 Å². The van der Waals surface area contributed by atoms with E-state index in [9.17, 15) is 4.39 Å². The average molecular weight is 413 g/mol. The fourth-order valence-electron chi connectivity index (χ4n) is 5.05. The summed E-state index contributed by atoms with van der Waals surface area (Å²) in [6.07, 6.45) is 5.59. The van der Waals surface area contributed by atoms with E-state index >= 15 is 0 Å². The molecule has 0 N–H and O–H groups in total. The molecule has 5 rings (SSSR count). The van der Waals surface area contributed by atoms with Crippen LogP contribution in [-0.2, 0) is 0 Å². The highest BCUT2D eigenvalue weighted by molar-refractivity contribution is 7.15. The van der Waals surface area contributed by atoms with E-state index < -0.39 is 0 Å². The summed E-state index contributed by atoms with van der Waals surface area (Å²) in [4.78, 5) is 8.52. The van der Waals surface area contributed by atoms with E-state index in [1.165, 1.54) is 35.5 Å². The maximum atomic E-state index is 13.3. The van der Waals surface area contributed by atoms with Gasteiger partial charge in [0.05, 0.1) is 9.88 Å². The summed E-state index contributed by atoms with van der Waals surface area (Å²) < 4.78 is 13.3. The Morgan fingerprint density at radius 2 is 1.82 bits per heavy atom. The zero-order chi connectivity index (χ0) is 19.3. The number of hydrogen-bond donors (Lipinski definition) is 0. The molecule has 0 amide bonds. The van der Waals surface area contributed by atoms with Crippen molar-refractivity contribution >= 4 is 22.9 Å². The summed E-state index contributed by atoms with van der Waals surface area (Å²) in [7, 11) is 2.27. The highest BCUT2D eigenvalue weighted by Gasteiger charge is 2.47. The Balaban J connectivity index is 1.53. The molecule has 2 aliphatic rings. The van der Waals surface area contributed by atoms with Crippen molar-refractivity contribution < 1.29 is 4.39 Å². The van der Waals surface area contributed by atoms with Crippen molar-refractivity contribution in [2.75, 3.05) is 7.05 Å². The largest absolute Gasteiger partial charge is 0.300 e. The molecular formula is C23H22ClFN2S. The predicted molar refractivity (Wildman–Crippen MR) is 114 cm³/mol. The minimum Gasteiger partial charge on any atom is -0.300 e. The van der Waals surface area contributed by atoms with Crippen LogP contribution in [0.3, 0.4) is 0 Å². The van der Waals surface area contributed by atoms with Crippen LogP contribution in [0.4, 0.5) is 4.39 Å². The van der Waals surface area contributed by atoms with Crippen LogP contribution >= 0.6 is 22.9 Å². The maximum Gasteiger partial charge on any atom is 0.123 e. The van der Waals surface area contributed by atoms with Gasteiger partial charge in [0.1, 0.15) is 5.82 Å². The number of aromatic nitrogens is 1. The molecule has 2 saturated heterocycles. The highest BCUT2D eigenvalue weighted by Crippen LogP contribution is 2.52. The fraction of sp³-hybridized carbons (Fsp3) is 0.348. The molecule has 144 valence electrons. The van der Waals surface area contributed by atoms with Gasteiger partial charge in [-0.1, -0.05) is 35.9 Å². The summed E-state index contributed by atoms with van der Waals surface area (Å²) in [5.74, 6) is 0.629. The lowest BCUT2D eigenvalue weighted by molar-refractivity contribution is 0.137. The van der Waals surface area contributed by atoms with Crippen LogP contribution in [0.2, 0.25) is 5.02 Å².